The van der Waals surface area contributed by atoms with E-state index in [1.165, 1.54) is 12.5 Å². The van der Waals surface area contributed by atoms with Gasteiger partial charge in [-0.1, -0.05) is 36.8 Å². The summed E-state index contributed by atoms with van der Waals surface area (Å²) in [6.45, 7) is 0.399. The lowest BCUT2D eigenvalue weighted by atomic mass is 10.0. The zero-order valence-corrected chi connectivity index (χ0v) is 26.9. The number of nitrogens with zero attached hydrogens (tertiary/aromatic N) is 1. The Hall–Kier alpha value is -5.36. The highest BCUT2D eigenvalue weighted by molar-refractivity contribution is 5.96. The minimum atomic E-state index is -1.45. The Balaban J connectivity index is 2.28. The predicted octanol–water partition coefficient (Wildman–Crippen LogP) is -2.19. The minimum Gasteiger partial charge on any atom is -0.481 e. The molecule has 268 valence electrons. The SMILES string of the molecule is NCCCC[C@H](N)C(=O)N[C@@H](CCC(=O)O)C(=O)N[C@@H](Cc1cnc[nH]1)C(=O)N[C@@H](CCC(N)=O)C(=O)N[C@@H](Cc1ccccc1)C(=O)O. The second-order valence-electron chi connectivity index (χ2n) is 11.4. The molecule has 0 unspecified atom stereocenters. The second kappa shape index (κ2) is 20.8. The van der Waals surface area contributed by atoms with Gasteiger partial charge in [0.15, 0.2) is 0 Å². The molecule has 5 atom stereocenters. The lowest BCUT2D eigenvalue weighted by Crippen LogP contribution is -2.59. The van der Waals surface area contributed by atoms with E-state index >= 15 is 0 Å². The van der Waals surface area contributed by atoms with Crippen molar-refractivity contribution in [2.75, 3.05) is 6.54 Å². The maximum atomic E-state index is 13.7. The average molecular weight is 688 g/mol. The third-order valence-electron chi connectivity index (χ3n) is 7.41. The van der Waals surface area contributed by atoms with Crippen molar-refractivity contribution in [3.63, 3.8) is 0 Å². The van der Waals surface area contributed by atoms with Gasteiger partial charge in [0, 0.05) is 37.6 Å². The summed E-state index contributed by atoms with van der Waals surface area (Å²) in [7, 11) is 0. The molecule has 5 amide bonds. The van der Waals surface area contributed by atoms with Crippen molar-refractivity contribution < 1.29 is 43.8 Å². The van der Waals surface area contributed by atoms with Crippen LogP contribution in [0.15, 0.2) is 42.9 Å². The fraction of sp³-hybridized carbons (Fsp3) is 0.484. The molecule has 0 aliphatic carbocycles. The summed E-state index contributed by atoms with van der Waals surface area (Å²) in [5.41, 5.74) is 17.7. The standard InChI is InChI=1S/C31H45N9O9/c32-13-5-4-8-20(33)27(44)37-22(10-12-26(42)43)28(45)39-23(15-19-16-35-17-36-19)30(47)38-21(9-11-25(34)41)29(46)40-24(31(48)49)14-18-6-2-1-3-7-18/h1-3,6-7,16-17,20-24H,4-5,8-15,32-33H2,(H2,34,41)(H,35,36)(H,37,44)(H,38,47)(H,39,45)(H,40,46)(H,42,43)(H,48,49)/t20-,21-,22-,23-,24-/m0/s1. The van der Waals surface area contributed by atoms with Crippen LogP contribution in [0, 0.1) is 0 Å². The molecule has 1 heterocycles. The number of carbonyl (C=O) groups excluding carboxylic acids is 5. The Morgan fingerprint density at radius 2 is 1.31 bits per heavy atom. The molecule has 1 aromatic carbocycles. The van der Waals surface area contributed by atoms with Crippen molar-refractivity contribution in [2.45, 2.75) is 88.0 Å². The van der Waals surface area contributed by atoms with Gasteiger partial charge < -0.3 is 53.7 Å². The molecule has 49 heavy (non-hydrogen) atoms. The van der Waals surface area contributed by atoms with Crippen molar-refractivity contribution in [3.05, 3.63) is 54.1 Å². The van der Waals surface area contributed by atoms with Crippen molar-refractivity contribution in [2.24, 2.45) is 17.2 Å². The molecule has 0 radical (unpaired) electrons. The molecule has 0 saturated carbocycles. The smallest absolute Gasteiger partial charge is 0.326 e. The van der Waals surface area contributed by atoms with Crippen LogP contribution in [0.2, 0.25) is 0 Å². The number of benzene rings is 1. The summed E-state index contributed by atoms with van der Waals surface area (Å²) < 4.78 is 0. The number of carboxylic acid groups (broad SMARTS) is 2. The summed E-state index contributed by atoms with van der Waals surface area (Å²) in [6.07, 6.45) is 2.42. The van der Waals surface area contributed by atoms with Crippen molar-refractivity contribution in [1.29, 1.82) is 0 Å². The molecular weight excluding hydrogens is 642 g/mol. The first kappa shape index (κ1) is 39.8. The molecule has 2 aromatic rings. The Morgan fingerprint density at radius 1 is 0.735 bits per heavy atom. The molecule has 18 heteroatoms. The van der Waals surface area contributed by atoms with Crippen LogP contribution in [0.4, 0.5) is 0 Å². The van der Waals surface area contributed by atoms with Gasteiger partial charge in [-0.3, -0.25) is 28.8 Å². The molecule has 0 spiro atoms. The number of amides is 5. The number of hydrogen-bond acceptors (Lipinski definition) is 10. The van der Waals surface area contributed by atoms with Crippen LogP contribution in [0.5, 0.6) is 0 Å². The van der Waals surface area contributed by atoms with Gasteiger partial charge in [-0.05, 0) is 37.8 Å². The molecule has 18 nitrogen and oxygen atoms in total. The molecule has 0 bridgehead atoms. The summed E-state index contributed by atoms with van der Waals surface area (Å²) in [4.78, 5) is 94.8. The van der Waals surface area contributed by atoms with E-state index < -0.39 is 78.1 Å². The first-order valence-electron chi connectivity index (χ1n) is 15.7. The van der Waals surface area contributed by atoms with Gasteiger partial charge in [0.05, 0.1) is 12.4 Å². The van der Waals surface area contributed by atoms with Crippen molar-refractivity contribution >= 4 is 41.5 Å². The lowest BCUT2D eigenvalue weighted by Gasteiger charge is -2.26. The molecule has 1 aromatic heterocycles. The number of unbranched alkanes of at least 4 members (excludes halogenated alkanes) is 1. The van der Waals surface area contributed by atoms with E-state index in [2.05, 4.69) is 31.2 Å². The van der Waals surface area contributed by atoms with Crippen molar-refractivity contribution in [1.82, 2.24) is 31.2 Å². The van der Waals surface area contributed by atoms with Gasteiger partial charge in [0.2, 0.25) is 29.5 Å². The van der Waals surface area contributed by atoms with Gasteiger partial charge in [-0.15, -0.1) is 0 Å². The van der Waals surface area contributed by atoms with E-state index in [1.807, 2.05) is 0 Å². The molecular formula is C31H45N9O9. The van der Waals surface area contributed by atoms with Gasteiger partial charge in [0.1, 0.15) is 24.2 Å². The normalized spacial score (nSPS) is 13.9. The van der Waals surface area contributed by atoms with Crippen LogP contribution in [-0.4, -0.2) is 98.4 Å². The summed E-state index contributed by atoms with van der Waals surface area (Å²) in [6, 6.07) is 1.85. The molecule has 2 rings (SSSR count). The van der Waals surface area contributed by atoms with Crippen LogP contribution < -0.4 is 38.5 Å². The number of carbonyl (C=O) groups is 7. The summed E-state index contributed by atoms with van der Waals surface area (Å²) >= 11 is 0. The van der Waals surface area contributed by atoms with Crippen LogP contribution >= 0.6 is 0 Å². The second-order valence-corrected chi connectivity index (χ2v) is 11.4. The highest BCUT2D eigenvalue weighted by Gasteiger charge is 2.32. The molecule has 0 aliphatic rings. The Morgan fingerprint density at radius 3 is 1.86 bits per heavy atom. The number of imidazole rings is 1. The van der Waals surface area contributed by atoms with E-state index in [4.69, 9.17) is 17.2 Å². The van der Waals surface area contributed by atoms with E-state index in [-0.39, 0.29) is 38.5 Å². The Labute approximate surface area is 282 Å². The maximum absolute atomic E-state index is 13.7. The number of hydrogen-bond donors (Lipinski definition) is 10. The molecule has 0 aliphatic heterocycles. The highest BCUT2D eigenvalue weighted by Crippen LogP contribution is 2.08. The maximum Gasteiger partial charge on any atom is 0.326 e. The average Bonchev–Trinajstić information content (AvgIpc) is 3.57. The number of rotatable bonds is 23. The topological polar surface area (TPSA) is 315 Å². The zero-order valence-electron chi connectivity index (χ0n) is 26.9. The third kappa shape index (κ3) is 14.9. The minimum absolute atomic E-state index is 0.0724. The largest absolute Gasteiger partial charge is 0.481 e. The molecule has 0 saturated heterocycles. The fourth-order valence-electron chi connectivity index (χ4n) is 4.70. The first-order valence-corrected chi connectivity index (χ1v) is 15.7. The van der Waals surface area contributed by atoms with Gasteiger partial charge in [-0.2, -0.15) is 0 Å². The monoisotopic (exact) mass is 687 g/mol. The van der Waals surface area contributed by atoms with E-state index in [9.17, 15) is 43.8 Å². The number of aliphatic carboxylic acids is 2. The summed E-state index contributed by atoms with van der Waals surface area (Å²) in [5.74, 6) is -6.80. The number of aromatic nitrogens is 2. The number of carboxylic acids is 2. The van der Waals surface area contributed by atoms with Crippen molar-refractivity contribution in [3.8, 4) is 0 Å². The molecule has 13 N–H and O–H groups in total. The van der Waals surface area contributed by atoms with Gasteiger partial charge in [-0.25, -0.2) is 9.78 Å². The third-order valence-corrected chi connectivity index (χ3v) is 7.41. The van der Waals surface area contributed by atoms with E-state index in [1.54, 1.807) is 30.3 Å². The number of nitrogens with one attached hydrogen (secondary N) is 5. The van der Waals surface area contributed by atoms with Crippen LogP contribution in [0.25, 0.3) is 0 Å². The summed E-state index contributed by atoms with van der Waals surface area (Å²) in [5, 5.41) is 28.8. The lowest BCUT2D eigenvalue weighted by molar-refractivity contribution is -0.142. The number of primary amides is 1. The predicted molar refractivity (Wildman–Crippen MR) is 174 cm³/mol. The van der Waals surface area contributed by atoms with E-state index in [0.29, 0.717) is 30.6 Å². The quantitative estimate of drug-likeness (QED) is 0.0557. The Kier molecular flexibility index (Phi) is 16.9. The van der Waals surface area contributed by atoms with E-state index in [0.717, 1.165) is 0 Å². The first-order chi connectivity index (χ1) is 23.3. The van der Waals surface area contributed by atoms with Crippen LogP contribution in [-0.2, 0) is 46.4 Å². The van der Waals surface area contributed by atoms with Crippen LogP contribution in [0.3, 0.4) is 0 Å². The highest BCUT2D eigenvalue weighted by atomic mass is 16.4. The fourth-order valence-corrected chi connectivity index (χ4v) is 4.70. The number of nitrogens with two attached hydrogens (primary N) is 3. The number of H-pyrrole nitrogens is 1. The Bertz CT molecular complexity index is 1410. The van der Waals surface area contributed by atoms with Gasteiger partial charge >= 0.3 is 11.9 Å². The van der Waals surface area contributed by atoms with Gasteiger partial charge in [0.25, 0.3) is 0 Å². The zero-order chi connectivity index (χ0) is 36.3. The number of aromatic amines is 1. The van der Waals surface area contributed by atoms with Crippen LogP contribution in [0.1, 0.15) is 56.2 Å². The molecule has 0 fully saturated rings.